The average molecular weight is 495 g/mol. The minimum atomic E-state index is -3.77. The molecule has 3 aliphatic rings. The van der Waals surface area contributed by atoms with Crippen molar-refractivity contribution in [2.45, 2.75) is 37.0 Å². The lowest BCUT2D eigenvalue weighted by atomic mass is 10.1. The molecule has 0 bridgehead atoms. The zero-order chi connectivity index (χ0) is 24.0. The van der Waals surface area contributed by atoms with E-state index in [2.05, 4.69) is 9.62 Å². The van der Waals surface area contributed by atoms with Crippen LogP contribution in [0.25, 0.3) is 0 Å². The van der Waals surface area contributed by atoms with Crippen LogP contribution in [-0.4, -0.2) is 101 Å². The first-order valence-electron chi connectivity index (χ1n) is 12.1. The molecule has 1 aromatic carbocycles. The lowest BCUT2D eigenvalue weighted by molar-refractivity contribution is -0.135. The smallest absolute Gasteiger partial charge is 0.240 e. The number of nitrogens with one attached hydrogen (secondary N) is 1. The summed E-state index contributed by atoms with van der Waals surface area (Å²) in [4.78, 5) is 30.9. The molecule has 10 nitrogen and oxygen atoms in total. The lowest BCUT2D eigenvalue weighted by Gasteiger charge is -2.36. The Kier molecular flexibility index (Phi) is 8.28. The Hall–Kier alpha value is -2.37. The van der Waals surface area contributed by atoms with Crippen LogP contribution in [0.1, 0.15) is 32.1 Å². The van der Waals surface area contributed by atoms with Gasteiger partial charge in [0.25, 0.3) is 0 Å². The second kappa shape index (κ2) is 11.4. The van der Waals surface area contributed by atoms with Crippen molar-refractivity contribution in [1.82, 2.24) is 19.4 Å². The van der Waals surface area contributed by atoms with Crippen LogP contribution in [0.2, 0.25) is 0 Å². The maximum Gasteiger partial charge on any atom is 0.240 e. The number of hydrogen-bond acceptors (Lipinski definition) is 7. The Morgan fingerprint density at radius 2 is 1.50 bits per heavy atom. The summed E-state index contributed by atoms with van der Waals surface area (Å²) in [5, 5.41) is 0. The molecule has 0 radical (unpaired) electrons. The van der Waals surface area contributed by atoms with E-state index in [1.54, 1.807) is 11.0 Å². The molecule has 3 heterocycles. The van der Waals surface area contributed by atoms with Crippen LogP contribution >= 0.6 is 0 Å². The molecule has 4 rings (SSSR count). The highest BCUT2D eigenvalue weighted by Gasteiger charge is 2.25. The predicted octanol–water partition coefficient (Wildman–Crippen LogP) is 0.673. The molecule has 34 heavy (non-hydrogen) atoms. The molecule has 0 spiro atoms. The van der Waals surface area contributed by atoms with Crippen LogP contribution in [0.4, 0.5) is 0 Å². The molecule has 11 heteroatoms. The average Bonchev–Trinajstić information content (AvgIpc) is 3.10. The first kappa shape index (κ1) is 24.7. The van der Waals surface area contributed by atoms with Gasteiger partial charge in [0.15, 0.2) is 11.5 Å². The molecule has 0 saturated carbocycles. The normalized spacial score (nSPS) is 19.5. The number of ether oxygens (including phenoxy) is 2. The van der Waals surface area contributed by atoms with E-state index in [-0.39, 0.29) is 29.7 Å². The van der Waals surface area contributed by atoms with Gasteiger partial charge in [0, 0.05) is 64.7 Å². The van der Waals surface area contributed by atoms with Gasteiger partial charge in [-0.1, -0.05) is 0 Å². The highest BCUT2D eigenvalue weighted by molar-refractivity contribution is 7.89. The van der Waals surface area contributed by atoms with Crippen LogP contribution in [0, 0.1) is 0 Å². The minimum Gasteiger partial charge on any atom is -0.490 e. The zero-order valence-corrected chi connectivity index (χ0v) is 20.4. The van der Waals surface area contributed by atoms with Crippen molar-refractivity contribution >= 4 is 21.8 Å². The van der Waals surface area contributed by atoms with Crippen molar-refractivity contribution in [2.75, 3.05) is 65.6 Å². The number of likely N-dealkylation sites (tertiary alicyclic amines) is 1. The van der Waals surface area contributed by atoms with Crippen LogP contribution in [0.3, 0.4) is 0 Å². The highest BCUT2D eigenvalue weighted by Crippen LogP contribution is 2.31. The van der Waals surface area contributed by atoms with Gasteiger partial charge >= 0.3 is 0 Å². The Bertz CT molecular complexity index is 972. The van der Waals surface area contributed by atoms with Crippen LogP contribution < -0.4 is 14.2 Å². The Balaban J connectivity index is 1.20. The van der Waals surface area contributed by atoms with Crippen molar-refractivity contribution in [1.29, 1.82) is 0 Å². The number of piperidine rings is 1. The fourth-order valence-corrected chi connectivity index (χ4v) is 5.48. The van der Waals surface area contributed by atoms with Gasteiger partial charge < -0.3 is 19.3 Å². The molecule has 188 valence electrons. The summed E-state index contributed by atoms with van der Waals surface area (Å²) in [5.74, 6) is 1.02. The molecule has 0 unspecified atom stereocenters. The second-order valence-corrected chi connectivity index (χ2v) is 10.7. The second-order valence-electron chi connectivity index (χ2n) is 8.91. The van der Waals surface area contributed by atoms with E-state index in [0.29, 0.717) is 57.4 Å². The fraction of sp³-hybridized carbons (Fsp3) is 0.652. The standard InChI is InChI=1S/C23H34N4O6S/c28-22(27-13-11-25(12-14-27)18-23(29)26-9-2-1-3-10-26)7-8-24-34(30,31)19-5-6-20-21(17-19)33-16-4-15-32-20/h5-6,17,24H,1-4,7-16,18H2. The van der Waals surface area contributed by atoms with Gasteiger partial charge in [-0.15, -0.1) is 0 Å². The van der Waals surface area contributed by atoms with Gasteiger partial charge in [-0.05, 0) is 31.4 Å². The highest BCUT2D eigenvalue weighted by atomic mass is 32.2. The summed E-state index contributed by atoms with van der Waals surface area (Å²) in [7, 11) is -3.77. The van der Waals surface area contributed by atoms with E-state index in [1.165, 1.54) is 18.6 Å². The number of sulfonamides is 1. The van der Waals surface area contributed by atoms with Gasteiger partial charge in [0.05, 0.1) is 24.7 Å². The molecule has 2 fully saturated rings. The molecular formula is C23H34N4O6S. The van der Waals surface area contributed by atoms with E-state index < -0.39 is 10.0 Å². The van der Waals surface area contributed by atoms with Gasteiger partial charge in [-0.2, -0.15) is 0 Å². The Labute approximate surface area is 201 Å². The number of piperazine rings is 1. The largest absolute Gasteiger partial charge is 0.490 e. The summed E-state index contributed by atoms with van der Waals surface area (Å²) in [6.07, 6.45) is 4.16. The topological polar surface area (TPSA) is 108 Å². The predicted molar refractivity (Wildman–Crippen MR) is 125 cm³/mol. The van der Waals surface area contributed by atoms with Gasteiger partial charge in [0.2, 0.25) is 21.8 Å². The number of fused-ring (bicyclic) bond motifs is 1. The molecule has 1 N–H and O–H groups in total. The number of amides is 2. The van der Waals surface area contributed by atoms with Gasteiger partial charge in [-0.25, -0.2) is 13.1 Å². The Morgan fingerprint density at radius 3 is 2.24 bits per heavy atom. The molecule has 0 aliphatic carbocycles. The number of nitrogens with zero attached hydrogens (tertiary/aromatic N) is 3. The van der Waals surface area contributed by atoms with Crippen molar-refractivity contribution < 1.29 is 27.5 Å². The summed E-state index contributed by atoms with van der Waals surface area (Å²) in [6.45, 7) is 5.49. The zero-order valence-electron chi connectivity index (χ0n) is 19.5. The third kappa shape index (κ3) is 6.39. The number of rotatable bonds is 7. The third-order valence-corrected chi connectivity index (χ3v) is 7.91. The number of carbonyl (C=O) groups excluding carboxylic acids is 2. The van der Waals surface area contributed by atoms with E-state index in [4.69, 9.17) is 9.47 Å². The quantitative estimate of drug-likeness (QED) is 0.594. The van der Waals surface area contributed by atoms with E-state index in [0.717, 1.165) is 32.4 Å². The van der Waals surface area contributed by atoms with Crippen molar-refractivity contribution in [3.05, 3.63) is 18.2 Å². The molecule has 0 atom stereocenters. The van der Waals surface area contributed by atoms with Crippen molar-refractivity contribution in [3.63, 3.8) is 0 Å². The molecular weight excluding hydrogens is 460 g/mol. The summed E-state index contributed by atoms with van der Waals surface area (Å²) < 4.78 is 38.9. The summed E-state index contributed by atoms with van der Waals surface area (Å²) >= 11 is 0. The summed E-state index contributed by atoms with van der Waals surface area (Å²) in [6, 6.07) is 4.52. The number of benzene rings is 1. The molecule has 2 saturated heterocycles. The monoisotopic (exact) mass is 494 g/mol. The van der Waals surface area contributed by atoms with Crippen LogP contribution in [0.5, 0.6) is 11.5 Å². The first-order valence-corrected chi connectivity index (χ1v) is 13.6. The molecule has 2 amide bonds. The van der Waals surface area contributed by atoms with E-state index >= 15 is 0 Å². The summed E-state index contributed by atoms with van der Waals surface area (Å²) in [5.41, 5.74) is 0. The fourth-order valence-electron chi connectivity index (χ4n) is 4.43. The third-order valence-electron chi connectivity index (χ3n) is 6.45. The molecule has 1 aromatic rings. The molecule has 0 aromatic heterocycles. The Morgan fingerprint density at radius 1 is 0.824 bits per heavy atom. The van der Waals surface area contributed by atoms with E-state index in [1.807, 2.05) is 4.90 Å². The van der Waals surface area contributed by atoms with E-state index in [9.17, 15) is 18.0 Å². The van der Waals surface area contributed by atoms with Gasteiger partial charge in [-0.3, -0.25) is 14.5 Å². The van der Waals surface area contributed by atoms with Crippen molar-refractivity contribution in [2.24, 2.45) is 0 Å². The van der Waals surface area contributed by atoms with Crippen LogP contribution in [-0.2, 0) is 19.6 Å². The first-order chi connectivity index (χ1) is 16.4. The SMILES string of the molecule is O=C(CCNS(=O)(=O)c1ccc2c(c1)OCCCO2)N1CCN(CC(=O)N2CCCCC2)CC1. The van der Waals surface area contributed by atoms with Gasteiger partial charge in [0.1, 0.15) is 0 Å². The maximum absolute atomic E-state index is 12.7. The molecule has 3 aliphatic heterocycles. The van der Waals surface area contributed by atoms with Crippen molar-refractivity contribution in [3.8, 4) is 11.5 Å². The number of carbonyl (C=O) groups is 2. The lowest BCUT2D eigenvalue weighted by Crippen LogP contribution is -2.52. The minimum absolute atomic E-state index is 0.0171. The van der Waals surface area contributed by atoms with Crippen LogP contribution in [0.15, 0.2) is 23.1 Å². The number of hydrogen-bond donors (Lipinski definition) is 1. The maximum atomic E-state index is 12.7.